The van der Waals surface area contributed by atoms with Gasteiger partial charge in [-0.05, 0) is 67.5 Å². The number of ether oxygens (including phenoxy) is 1. The highest BCUT2D eigenvalue weighted by atomic mass is 16.5. The second-order valence-electron chi connectivity index (χ2n) is 7.87. The van der Waals surface area contributed by atoms with Crippen LogP contribution in [0.25, 0.3) is 11.1 Å². The van der Waals surface area contributed by atoms with Gasteiger partial charge in [0.25, 0.3) is 0 Å². The fourth-order valence-electron chi connectivity index (χ4n) is 4.77. The van der Waals surface area contributed by atoms with E-state index in [4.69, 9.17) is 9.84 Å². The van der Waals surface area contributed by atoms with Crippen molar-refractivity contribution in [1.29, 1.82) is 0 Å². The molecule has 0 aromatic heterocycles. The van der Waals surface area contributed by atoms with E-state index in [-0.39, 0.29) is 6.61 Å². The molecule has 1 heterocycles. The van der Waals surface area contributed by atoms with Crippen molar-refractivity contribution >= 4 is 5.97 Å². The molecule has 1 aliphatic heterocycles. The van der Waals surface area contributed by atoms with Gasteiger partial charge < -0.3 is 14.7 Å². The van der Waals surface area contributed by atoms with Crippen molar-refractivity contribution < 1.29 is 14.6 Å². The van der Waals surface area contributed by atoms with Crippen molar-refractivity contribution in [1.82, 2.24) is 4.90 Å². The molecule has 4 heteroatoms. The molecular formula is C23H27NO3. The first-order chi connectivity index (χ1) is 13.0. The SMILES string of the molecule is CC1CCCN1CCc1c2ccc(-c3ccccc3)c1C2(C)OCC(=O)O. The number of benzene rings is 2. The summed E-state index contributed by atoms with van der Waals surface area (Å²) in [4.78, 5) is 13.7. The normalized spacial score (nSPS) is 24.0. The van der Waals surface area contributed by atoms with Crippen molar-refractivity contribution in [3.8, 4) is 11.1 Å². The fraction of sp³-hybridized carbons (Fsp3) is 0.435. The minimum Gasteiger partial charge on any atom is -0.480 e. The molecule has 2 aromatic rings. The lowest BCUT2D eigenvalue weighted by Gasteiger charge is -2.45. The number of rotatable bonds is 7. The molecular weight excluding hydrogens is 338 g/mol. The molecule has 142 valence electrons. The molecule has 1 saturated heterocycles. The highest BCUT2D eigenvalue weighted by Crippen LogP contribution is 2.52. The molecule has 2 aliphatic rings. The van der Waals surface area contributed by atoms with Crippen LogP contribution in [-0.4, -0.2) is 41.7 Å². The maximum atomic E-state index is 11.1. The third-order valence-electron chi connectivity index (χ3n) is 6.21. The Morgan fingerprint density at radius 1 is 1.26 bits per heavy atom. The van der Waals surface area contributed by atoms with E-state index < -0.39 is 11.6 Å². The number of fused-ring (bicyclic) bond motifs is 2. The lowest BCUT2D eigenvalue weighted by molar-refractivity contribution is -0.148. The van der Waals surface area contributed by atoms with Crippen molar-refractivity contribution in [3.05, 3.63) is 59.2 Å². The molecule has 2 atom stereocenters. The molecule has 0 spiro atoms. The minimum atomic E-state index is -0.930. The Labute approximate surface area is 160 Å². The Bertz CT molecular complexity index is 848. The lowest BCUT2D eigenvalue weighted by atomic mass is 9.67. The topological polar surface area (TPSA) is 49.8 Å². The quantitative estimate of drug-likeness (QED) is 0.804. The second-order valence-corrected chi connectivity index (χ2v) is 7.87. The molecule has 4 rings (SSSR count). The number of aliphatic carboxylic acids is 1. The Hall–Kier alpha value is -2.17. The molecule has 1 fully saturated rings. The van der Waals surface area contributed by atoms with Gasteiger partial charge in [-0.3, -0.25) is 0 Å². The summed E-state index contributed by atoms with van der Waals surface area (Å²) in [6.45, 7) is 6.26. The van der Waals surface area contributed by atoms with Crippen LogP contribution in [-0.2, 0) is 21.6 Å². The van der Waals surface area contributed by atoms with E-state index in [9.17, 15) is 4.79 Å². The number of likely N-dealkylation sites (tertiary alicyclic amines) is 1. The summed E-state index contributed by atoms with van der Waals surface area (Å²) in [5.41, 5.74) is 5.33. The summed E-state index contributed by atoms with van der Waals surface area (Å²) in [7, 11) is 0. The molecule has 2 aromatic carbocycles. The van der Waals surface area contributed by atoms with Gasteiger partial charge in [0.2, 0.25) is 0 Å². The van der Waals surface area contributed by atoms with Crippen molar-refractivity contribution in [2.75, 3.05) is 19.7 Å². The first-order valence-electron chi connectivity index (χ1n) is 9.83. The Balaban J connectivity index is 1.66. The molecule has 0 saturated carbocycles. The Morgan fingerprint density at radius 3 is 2.70 bits per heavy atom. The summed E-state index contributed by atoms with van der Waals surface area (Å²) >= 11 is 0. The molecule has 4 nitrogen and oxygen atoms in total. The zero-order valence-corrected chi connectivity index (χ0v) is 16.1. The van der Waals surface area contributed by atoms with Crippen LogP contribution >= 0.6 is 0 Å². The average molecular weight is 365 g/mol. The highest BCUT2D eigenvalue weighted by Gasteiger charge is 2.46. The zero-order chi connectivity index (χ0) is 19.0. The van der Waals surface area contributed by atoms with Gasteiger partial charge in [-0.15, -0.1) is 0 Å². The van der Waals surface area contributed by atoms with Crippen LogP contribution in [0.3, 0.4) is 0 Å². The summed E-state index contributed by atoms with van der Waals surface area (Å²) in [6.07, 6.45) is 3.55. The van der Waals surface area contributed by atoms with E-state index in [0.29, 0.717) is 6.04 Å². The number of nitrogens with zero attached hydrogens (tertiary/aromatic N) is 1. The highest BCUT2D eigenvalue weighted by molar-refractivity contribution is 5.78. The van der Waals surface area contributed by atoms with Gasteiger partial charge in [0.15, 0.2) is 0 Å². The molecule has 0 radical (unpaired) electrons. The maximum absolute atomic E-state index is 11.1. The Morgan fingerprint density at radius 2 is 2.04 bits per heavy atom. The van der Waals surface area contributed by atoms with E-state index in [1.165, 1.54) is 30.5 Å². The predicted molar refractivity (Wildman–Crippen MR) is 106 cm³/mol. The standard InChI is InChI=1S/C23H27NO3/c1-16-7-6-13-24(16)14-12-19-20-11-10-18(17-8-4-3-5-9-17)22(19)23(20,2)27-15-21(25)26/h3-5,8-11,16H,6-7,12-15H2,1-2H3,(H,25,26). The summed E-state index contributed by atoms with van der Waals surface area (Å²) in [5.74, 6) is -0.930. The lowest BCUT2D eigenvalue weighted by Crippen LogP contribution is -2.42. The number of carbonyl (C=O) groups is 1. The number of hydrogen-bond donors (Lipinski definition) is 1. The van der Waals surface area contributed by atoms with Crippen LogP contribution < -0.4 is 0 Å². The van der Waals surface area contributed by atoms with Crippen LogP contribution in [0, 0.1) is 0 Å². The fourth-order valence-corrected chi connectivity index (χ4v) is 4.77. The molecule has 1 aliphatic carbocycles. The largest absolute Gasteiger partial charge is 0.480 e. The second kappa shape index (κ2) is 7.10. The minimum absolute atomic E-state index is 0.282. The van der Waals surface area contributed by atoms with E-state index in [2.05, 4.69) is 36.1 Å². The zero-order valence-electron chi connectivity index (χ0n) is 16.1. The summed E-state index contributed by atoms with van der Waals surface area (Å²) < 4.78 is 5.89. The number of hydrogen-bond acceptors (Lipinski definition) is 3. The van der Waals surface area contributed by atoms with Gasteiger partial charge >= 0.3 is 5.97 Å². The molecule has 0 amide bonds. The van der Waals surface area contributed by atoms with E-state index >= 15 is 0 Å². The van der Waals surface area contributed by atoms with E-state index in [1.54, 1.807) is 0 Å². The van der Waals surface area contributed by atoms with Crippen molar-refractivity contribution in [3.63, 3.8) is 0 Å². The van der Waals surface area contributed by atoms with Crippen LogP contribution in [0.2, 0.25) is 0 Å². The van der Waals surface area contributed by atoms with Crippen LogP contribution in [0.5, 0.6) is 0 Å². The smallest absolute Gasteiger partial charge is 0.329 e. The summed E-state index contributed by atoms with van der Waals surface area (Å²) in [5, 5.41) is 9.10. The van der Waals surface area contributed by atoms with Gasteiger partial charge in [0, 0.05) is 12.6 Å². The number of carboxylic acids is 1. The van der Waals surface area contributed by atoms with Gasteiger partial charge in [-0.1, -0.05) is 42.5 Å². The predicted octanol–water partition coefficient (Wildman–Crippen LogP) is 4.06. The van der Waals surface area contributed by atoms with Crippen molar-refractivity contribution in [2.24, 2.45) is 0 Å². The first kappa shape index (κ1) is 18.2. The molecule has 2 unspecified atom stereocenters. The summed E-state index contributed by atoms with van der Waals surface area (Å²) in [6, 6.07) is 15.2. The van der Waals surface area contributed by atoms with Crippen LogP contribution in [0.15, 0.2) is 42.5 Å². The third kappa shape index (κ3) is 3.17. The van der Waals surface area contributed by atoms with E-state index in [0.717, 1.165) is 29.7 Å². The third-order valence-corrected chi connectivity index (χ3v) is 6.21. The average Bonchev–Trinajstić information content (AvgIpc) is 3.09. The van der Waals surface area contributed by atoms with Gasteiger partial charge in [-0.2, -0.15) is 0 Å². The maximum Gasteiger partial charge on any atom is 0.329 e. The first-order valence-corrected chi connectivity index (χ1v) is 9.83. The van der Waals surface area contributed by atoms with Gasteiger partial charge in [0.1, 0.15) is 12.2 Å². The monoisotopic (exact) mass is 365 g/mol. The Kier molecular flexibility index (Phi) is 4.79. The molecule has 2 bridgehead atoms. The van der Waals surface area contributed by atoms with Crippen LogP contribution in [0.4, 0.5) is 0 Å². The molecule has 27 heavy (non-hydrogen) atoms. The number of carboxylic acid groups (broad SMARTS) is 1. The van der Waals surface area contributed by atoms with Gasteiger partial charge in [-0.25, -0.2) is 4.79 Å². The van der Waals surface area contributed by atoms with Gasteiger partial charge in [0.05, 0.1) is 0 Å². The van der Waals surface area contributed by atoms with Crippen molar-refractivity contribution in [2.45, 2.75) is 44.8 Å². The van der Waals surface area contributed by atoms with Crippen LogP contribution in [0.1, 0.15) is 43.4 Å². The molecule has 1 N–H and O–H groups in total. The van der Waals surface area contributed by atoms with E-state index in [1.807, 2.05) is 25.1 Å².